The van der Waals surface area contributed by atoms with Gasteiger partial charge in [0, 0.05) is 12.2 Å². The number of carbonyl (C=O) groups excluding carboxylic acids is 2. The minimum Gasteiger partial charge on any atom is -0.327 e. The molecule has 0 saturated heterocycles. The van der Waals surface area contributed by atoms with E-state index in [1.807, 2.05) is 66.1 Å². The van der Waals surface area contributed by atoms with Gasteiger partial charge in [-0.2, -0.15) is 0 Å². The average molecular weight is 457 g/mol. The Morgan fingerprint density at radius 1 is 1.06 bits per heavy atom. The van der Waals surface area contributed by atoms with E-state index in [0.717, 1.165) is 22.4 Å². The van der Waals surface area contributed by atoms with Crippen molar-refractivity contribution in [2.24, 2.45) is 0 Å². The molecule has 1 aliphatic heterocycles. The fraction of sp³-hybridized carbons (Fsp3) is 0.222. The zero-order valence-electron chi connectivity index (χ0n) is 19.0. The number of nitrogens with zero attached hydrogens (tertiary/aromatic N) is 3. The fourth-order valence-electron chi connectivity index (χ4n) is 4.64. The second-order valence-corrected chi connectivity index (χ2v) is 8.68. The van der Waals surface area contributed by atoms with E-state index in [0.29, 0.717) is 17.8 Å². The molecule has 0 saturated carbocycles. The summed E-state index contributed by atoms with van der Waals surface area (Å²) in [5.41, 5.74) is 3.78. The number of fused-ring (bicyclic) bond motifs is 3. The molecular formula is C27H25FN4O2. The predicted octanol–water partition coefficient (Wildman–Crippen LogP) is 5.16. The van der Waals surface area contributed by atoms with Gasteiger partial charge in [0.25, 0.3) is 0 Å². The Kier molecular flexibility index (Phi) is 5.61. The molecule has 0 aliphatic carbocycles. The van der Waals surface area contributed by atoms with Gasteiger partial charge in [-0.25, -0.2) is 9.37 Å². The third-order valence-electron chi connectivity index (χ3n) is 6.38. The van der Waals surface area contributed by atoms with Crippen molar-refractivity contribution in [1.29, 1.82) is 0 Å². The molecule has 0 spiro atoms. The molecule has 2 heterocycles. The number of nitrogens with one attached hydrogen (secondary N) is 1. The number of hydrogen-bond acceptors (Lipinski definition) is 3. The number of benzene rings is 3. The van der Waals surface area contributed by atoms with Gasteiger partial charge in [0.1, 0.15) is 17.7 Å². The summed E-state index contributed by atoms with van der Waals surface area (Å²) < 4.78 is 15.4. The van der Waals surface area contributed by atoms with Crippen molar-refractivity contribution in [3.63, 3.8) is 0 Å². The number of para-hydroxylation sites is 2. The van der Waals surface area contributed by atoms with Crippen LogP contribution in [0.2, 0.25) is 0 Å². The monoisotopic (exact) mass is 456 g/mol. The number of carbonyl (C=O) groups is 2. The first-order valence-corrected chi connectivity index (χ1v) is 11.3. The van der Waals surface area contributed by atoms with Crippen LogP contribution in [0.5, 0.6) is 0 Å². The molecule has 5 rings (SSSR count). The first-order chi connectivity index (χ1) is 16.4. The summed E-state index contributed by atoms with van der Waals surface area (Å²) >= 11 is 0. The Hall–Kier alpha value is -4.00. The first-order valence-electron chi connectivity index (χ1n) is 11.3. The number of anilines is 1. The molecule has 0 unspecified atom stereocenters. The number of rotatable bonds is 5. The molecule has 0 radical (unpaired) electrons. The highest BCUT2D eigenvalue weighted by atomic mass is 19.1. The Morgan fingerprint density at radius 3 is 2.56 bits per heavy atom. The minimum atomic E-state index is -0.733. The summed E-state index contributed by atoms with van der Waals surface area (Å²) in [5, 5.41) is 2.84. The molecule has 172 valence electrons. The SMILES string of the molecule is Cc1cc(F)ccc1NC(=O)C[C@H]1C(=O)N(Cc2ccccc2)[C@H](C)c2nc3ccccc3n21. The molecule has 1 N–H and O–H groups in total. The van der Waals surface area contributed by atoms with Crippen molar-refractivity contribution >= 4 is 28.5 Å². The van der Waals surface area contributed by atoms with E-state index < -0.39 is 6.04 Å². The average Bonchev–Trinajstić information content (AvgIpc) is 3.22. The van der Waals surface area contributed by atoms with Crippen LogP contribution >= 0.6 is 0 Å². The number of aromatic nitrogens is 2. The van der Waals surface area contributed by atoms with Gasteiger partial charge in [0.15, 0.2) is 0 Å². The number of amides is 2. The Morgan fingerprint density at radius 2 is 1.79 bits per heavy atom. The third kappa shape index (κ3) is 3.94. The quantitative estimate of drug-likeness (QED) is 0.451. The standard InChI is InChI=1S/C27H25FN4O2/c1-17-14-20(28)12-13-21(17)29-25(33)15-24-27(34)31(16-19-8-4-3-5-9-19)18(2)26-30-22-10-6-7-11-23(22)32(24)26/h3-14,18,24H,15-16H2,1-2H3,(H,29,33)/t18-,24+/m1/s1. The Bertz CT molecular complexity index is 1380. The summed E-state index contributed by atoms with van der Waals surface area (Å²) in [4.78, 5) is 33.5. The lowest BCUT2D eigenvalue weighted by molar-refractivity contribution is -0.142. The van der Waals surface area contributed by atoms with Crippen LogP contribution in [0.3, 0.4) is 0 Å². The van der Waals surface area contributed by atoms with Crippen molar-refractivity contribution in [1.82, 2.24) is 14.5 Å². The van der Waals surface area contributed by atoms with E-state index in [1.165, 1.54) is 18.2 Å². The summed E-state index contributed by atoms with van der Waals surface area (Å²) in [6.45, 7) is 4.13. The van der Waals surface area contributed by atoms with Gasteiger partial charge in [-0.3, -0.25) is 9.59 Å². The second kappa shape index (κ2) is 8.74. The highest BCUT2D eigenvalue weighted by Crippen LogP contribution is 2.37. The summed E-state index contributed by atoms with van der Waals surface area (Å²) in [6.07, 6.45) is -0.0545. The molecule has 6 nitrogen and oxygen atoms in total. The van der Waals surface area contributed by atoms with Crippen molar-refractivity contribution < 1.29 is 14.0 Å². The van der Waals surface area contributed by atoms with Crippen LogP contribution in [-0.4, -0.2) is 26.3 Å². The number of aryl methyl sites for hydroxylation is 1. The zero-order chi connectivity index (χ0) is 23.8. The lowest BCUT2D eigenvalue weighted by Gasteiger charge is -2.38. The van der Waals surface area contributed by atoms with E-state index in [2.05, 4.69) is 5.32 Å². The van der Waals surface area contributed by atoms with Crippen LogP contribution < -0.4 is 5.32 Å². The van der Waals surface area contributed by atoms with Gasteiger partial charge in [0.2, 0.25) is 11.8 Å². The van der Waals surface area contributed by atoms with E-state index in [4.69, 9.17) is 4.98 Å². The Balaban J connectivity index is 1.51. The third-order valence-corrected chi connectivity index (χ3v) is 6.38. The topological polar surface area (TPSA) is 67.2 Å². The van der Waals surface area contributed by atoms with Crippen molar-refractivity contribution in [2.45, 2.75) is 38.9 Å². The Labute approximate surface area is 197 Å². The lowest BCUT2D eigenvalue weighted by atomic mass is 10.0. The maximum atomic E-state index is 13.8. The molecule has 3 aromatic carbocycles. The molecule has 0 bridgehead atoms. The number of imidazole rings is 1. The van der Waals surface area contributed by atoms with E-state index >= 15 is 0 Å². The van der Waals surface area contributed by atoms with Crippen LogP contribution in [-0.2, 0) is 16.1 Å². The number of hydrogen-bond donors (Lipinski definition) is 1. The largest absolute Gasteiger partial charge is 0.327 e. The molecule has 2 atom stereocenters. The molecule has 4 aromatic rings. The summed E-state index contributed by atoms with van der Waals surface area (Å²) in [5.74, 6) is -0.0468. The smallest absolute Gasteiger partial charge is 0.247 e. The molecule has 2 amide bonds. The highest BCUT2D eigenvalue weighted by Gasteiger charge is 2.40. The van der Waals surface area contributed by atoms with Crippen LogP contribution in [0.25, 0.3) is 11.0 Å². The highest BCUT2D eigenvalue weighted by molar-refractivity contribution is 5.96. The van der Waals surface area contributed by atoms with Crippen LogP contribution in [0, 0.1) is 12.7 Å². The molecule has 7 heteroatoms. The summed E-state index contributed by atoms with van der Waals surface area (Å²) in [6, 6.07) is 20.7. The maximum Gasteiger partial charge on any atom is 0.247 e. The first kappa shape index (κ1) is 21.8. The van der Waals surface area contributed by atoms with Gasteiger partial charge in [0.05, 0.1) is 23.5 Å². The number of halogens is 1. The van der Waals surface area contributed by atoms with Gasteiger partial charge in [-0.15, -0.1) is 0 Å². The predicted molar refractivity (Wildman–Crippen MR) is 129 cm³/mol. The molecular weight excluding hydrogens is 431 g/mol. The van der Waals surface area contributed by atoms with Gasteiger partial charge >= 0.3 is 0 Å². The molecule has 34 heavy (non-hydrogen) atoms. The van der Waals surface area contributed by atoms with Crippen molar-refractivity contribution in [3.05, 3.63) is 95.6 Å². The summed E-state index contributed by atoms with van der Waals surface area (Å²) in [7, 11) is 0. The van der Waals surface area contributed by atoms with Crippen LogP contribution in [0.1, 0.15) is 42.4 Å². The lowest BCUT2D eigenvalue weighted by Crippen LogP contribution is -2.45. The minimum absolute atomic E-state index is 0.0545. The molecule has 1 aliphatic rings. The van der Waals surface area contributed by atoms with E-state index in [1.54, 1.807) is 11.8 Å². The van der Waals surface area contributed by atoms with Crippen LogP contribution in [0.15, 0.2) is 72.8 Å². The normalized spacial score (nSPS) is 17.6. The molecule has 0 fully saturated rings. The van der Waals surface area contributed by atoms with Crippen molar-refractivity contribution in [2.75, 3.05) is 5.32 Å². The zero-order valence-corrected chi connectivity index (χ0v) is 19.0. The van der Waals surface area contributed by atoms with E-state index in [9.17, 15) is 14.0 Å². The van der Waals surface area contributed by atoms with Gasteiger partial charge in [-0.1, -0.05) is 42.5 Å². The van der Waals surface area contributed by atoms with Gasteiger partial charge in [-0.05, 0) is 55.3 Å². The van der Waals surface area contributed by atoms with Crippen molar-refractivity contribution in [3.8, 4) is 0 Å². The van der Waals surface area contributed by atoms with E-state index in [-0.39, 0.29) is 30.1 Å². The van der Waals surface area contributed by atoms with Gasteiger partial charge < -0.3 is 14.8 Å². The molecule has 1 aromatic heterocycles. The maximum absolute atomic E-state index is 13.8. The second-order valence-electron chi connectivity index (χ2n) is 8.68. The fourth-order valence-corrected chi connectivity index (χ4v) is 4.64. The van der Waals surface area contributed by atoms with Crippen LogP contribution in [0.4, 0.5) is 10.1 Å².